The molecule has 2 aromatic carbocycles. The number of hydrogen-bond acceptors (Lipinski definition) is 4. The molecule has 0 unspecified atom stereocenters. The van der Waals surface area contributed by atoms with Gasteiger partial charge in [0.05, 0.1) is 17.6 Å². The molecule has 1 amide bonds. The van der Waals surface area contributed by atoms with Gasteiger partial charge in [-0.3, -0.25) is 9.36 Å². The number of benzene rings is 2. The molecule has 0 spiro atoms. The number of aromatic amines is 1. The van der Waals surface area contributed by atoms with Gasteiger partial charge in [-0.2, -0.15) is 0 Å². The summed E-state index contributed by atoms with van der Waals surface area (Å²) in [5, 5.41) is 2.57. The predicted octanol–water partition coefficient (Wildman–Crippen LogP) is 2.56. The SMILES string of the molecule is Cn1c(=O)[nH]c2ccc(NCC(=O)N3CCN(c4cc(F)c(Cl)c(F)c4)CC3)cc21. The second-order valence-corrected chi connectivity index (χ2v) is 7.54. The maximum atomic E-state index is 13.7. The van der Waals surface area contributed by atoms with E-state index in [4.69, 9.17) is 11.6 Å². The first-order chi connectivity index (χ1) is 14.3. The Morgan fingerprint density at radius 1 is 1.13 bits per heavy atom. The molecular formula is C20H20ClF2N5O2. The molecule has 30 heavy (non-hydrogen) atoms. The summed E-state index contributed by atoms with van der Waals surface area (Å²) in [5.41, 5.74) is 2.41. The van der Waals surface area contributed by atoms with Gasteiger partial charge in [0.25, 0.3) is 0 Å². The van der Waals surface area contributed by atoms with E-state index in [0.29, 0.717) is 31.9 Å². The minimum absolute atomic E-state index is 0.0776. The number of fused-ring (bicyclic) bond motifs is 1. The third-order valence-corrected chi connectivity index (χ3v) is 5.68. The number of H-pyrrole nitrogens is 1. The summed E-state index contributed by atoms with van der Waals surface area (Å²) in [6.45, 7) is 1.91. The van der Waals surface area contributed by atoms with E-state index in [2.05, 4.69) is 10.3 Å². The summed E-state index contributed by atoms with van der Waals surface area (Å²) in [6.07, 6.45) is 0. The van der Waals surface area contributed by atoms with Gasteiger partial charge in [0.15, 0.2) is 0 Å². The second kappa shape index (κ2) is 7.98. The fourth-order valence-corrected chi connectivity index (χ4v) is 3.67. The summed E-state index contributed by atoms with van der Waals surface area (Å²) in [4.78, 5) is 30.5. The zero-order valence-corrected chi connectivity index (χ0v) is 17.0. The number of carbonyl (C=O) groups excluding carboxylic acids is 1. The van der Waals surface area contributed by atoms with Crippen molar-refractivity contribution in [2.24, 2.45) is 7.05 Å². The highest BCUT2D eigenvalue weighted by Crippen LogP contribution is 2.26. The van der Waals surface area contributed by atoms with Crippen LogP contribution in [0.15, 0.2) is 35.1 Å². The monoisotopic (exact) mass is 435 g/mol. The number of imidazole rings is 1. The van der Waals surface area contributed by atoms with Crippen molar-refractivity contribution in [3.05, 3.63) is 57.5 Å². The number of anilines is 2. The highest BCUT2D eigenvalue weighted by atomic mass is 35.5. The van der Waals surface area contributed by atoms with Crippen LogP contribution in [0.25, 0.3) is 11.0 Å². The molecule has 0 saturated carbocycles. The van der Waals surface area contributed by atoms with Crippen LogP contribution in [0.5, 0.6) is 0 Å². The first-order valence-electron chi connectivity index (χ1n) is 9.43. The Morgan fingerprint density at radius 2 is 1.80 bits per heavy atom. The third kappa shape index (κ3) is 3.85. The standard InChI is InChI=1S/C20H20ClF2N5O2/c1-26-17-8-12(2-3-16(17)25-20(26)30)24-11-18(29)28-6-4-27(5-7-28)13-9-14(22)19(21)15(23)10-13/h2-3,8-10,24H,4-7,11H2,1H3,(H,25,30). The van der Waals surface area contributed by atoms with Crippen LogP contribution in [-0.4, -0.2) is 53.1 Å². The van der Waals surface area contributed by atoms with Crippen molar-refractivity contribution in [3.63, 3.8) is 0 Å². The Kier molecular flexibility index (Phi) is 5.38. The molecule has 2 heterocycles. The fourth-order valence-electron chi connectivity index (χ4n) is 3.56. The highest BCUT2D eigenvalue weighted by Gasteiger charge is 2.22. The molecule has 1 aliphatic rings. The number of hydrogen-bond donors (Lipinski definition) is 2. The van der Waals surface area contributed by atoms with Crippen molar-refractivity contribution < 1.29 is 13.6 Å². The van der Waals surface area contributed by atoms with Gasteiger partial charge in [-0.15, -0.1) is 0 Å². The van der Waals surface area contributed by atoms with Gasteiger partial charge in [0.2, 0.25) is 5.91 Å². The van der Waals surface area contributed by atoms with E-state index < -0.39 is 16.7 Å². The number of nitrogens with one attached hydrogen (secondary N) is 2. The Labute approximate surface area is 175 Å². The molecule has 4 rings (SSSR count). The fraction of sp³-hybridized carbons (Fsp3) is 0.300. The van der Waals surface area contributed by atoms with Crippen LogP contribution in [-0.2, 0) is 11.8 Å². The average Bonchev–Trinajstić information content (AvgIpc) is 3.03. The van der Waals surface area contributed by atoms with Crippen molar-refractivity contribution >= 4 is 39.9 Å². The van der Waals surface area contributed by atoms with E-state index in [1.54, 1.807) is 24.1 Å². The second-order valence-electron chi connectivity index (χ2n) is 7.17. The molecule has 0 atom stereocenters. The number of rotatable bonds is 4. The Bertz CT molecular complexity index is 1140. The predicted molar refractivity (Wildman–Crippen MR) is 112 cm³/mol. The number of nitrogens with zero attached hydrogens (tertiary/aromatic N) is 3. The van der Waals surface area contributed by atoms with Gasteiger partial charge in [-0.1, -0.05) is 11.6 Å². The van der Waals surface area contributed by atoms with Gasteiger partial charge in [-0.25, -0.2) is 13.6 Å². The van der Waals surface area contributed by atoms with Crippen molar-refractivity contribution in [1.29, 1.82) is 0 Å². The van der Waals surface area contributed by atoms with Crippen LogP contribution in [0, 0.1) is 11.6 Å². The molecule has 1 aliphatic heterocycles. The molecule has 7 nitrogen and oxygen atoms in total. The summed E-state index contributed by atoms with van der Waals surface area (Å²) in [7, 11) is 1.67. The van der Waals surface area contributed by atoms with Crippen LogP contribution >= 0.6 is 11.6 Å². The van der Waals surface area contributed by atoms with Crippen LogP contribution in [0.1, 0.15) is 0 Å². The van der Waals surface area contributed by atoms with Crippen molar-refractivity contribution in [2.75, 3.05) is 42.9 Å². The zero-order valence-electron chi connectivity index (χ0n) is 16.2. The minimum atomic E-state index is -0.800. The maximum absolute atomic E-state index is 13.7. The van der Waals surface area contributed by atoms with E-state index >= 15 is 0 Å². The average molecular weight is 436 g/mol. The normalized spacial score (nSPS) is 14.4. The molecule has 0 radical (unpaired) electrons. The smallest absolute Gasteiger partial charge is 0.326 e. The third-order valence-electron chi connectivity index (χ3n) is 5.32. The maximum Gasteiger partial charge on any atom is 0.326 e. The van der Waals surface area contributed by atoms with Crippen molar-refractivity contribution in [1.82, 2.24) is 14.5 Å². The number of aryl methyl sites for hydroxylation is 1. The Morgan fingerprint density at radius 3 is 2.47 bits per heavy atom. The Hall–Kier alpha value is -3.07. The topological polar surface area (TPSA) is 73.4 Å². The first kappa shape index (κ1) is 20.2. The molecular weight excluding hydrogens is 416 g/mol. The summed E-state index contributed by atoms with van der Waals surface area (Å²) in [6, 6.07) is 7.80. The van der Waals surface area contributed by atoms with E-state index in [-0.39, 0.29) is 18.1 Å². The van der Waals surface area contributed by atoms with E-state index in [9.17, 15) is 18.4 Å². The number of piperazine rings is 1. The minimum Gasteiger partial charge on any atom is -0.376 e. The van der Waals surface area contributed by atoms with Crippen LogP contribution in [0.2, 0.25) is 5.02 Å². The number of halogens is 3. The van der Waals surface area contributed by atoms with Gasteiger partial charge >= 0.3 is 5.69 Å². The lowest BCUT2D eigenvalue weighted by atomic mass is 10.2. The Balaban J connectivity index is 1.34. The molecule has 2 N–H and O–H groups in total. The van der Waals surface area contributed by atoms with E-state index in [1.807, 2.05) is 11.0 Å². The van der Waals surface area contributed by atoms with Crippen LogP contribution < -0.4 is 15.9 Å². The van der Waals surface area contributed by atoms with Gasteiger partial charge in [-0.05, 0) is 30.3 Å². The molecule has 10 heteroatoms. The van der Waals surface area contributed by atoms with Gasteiger partial charge in [0.1, 0.15) is 16.7 Å². The van der Waals surface area contributed by atoms with Gasteiger partial charge < -0.3 is 20.1 Å². The van der Waals surface area contributed by atoms with Gasteiger partial charge in [0, 0.05) is 44.6 Å². The number of amides is 1. The summed E-state index contributed by atoms with van der Waals surface area (Å²) >= 11 is 5.53. The molecule has 3 aromatic rings. The lowest BCUT2D eigenvalue weighted by Gasteiger charge is -2.36. The summed E-state index contributed by atoms with van der Waals surface area (Å²) in [5.74, 6) is -1.68. The lowest BCUT2D eigenvalue weighted by Crippen LogP contribution is -2.50. The quantitative estimate of drug-likeness (QED) is 0.618. The molecule has 1 fully saturated rings. The molecule has 1 saturated heterocycles. The molecule has 158 valence electrons. The highest BCUT2D eigenvalue weighted by molar-refractivity contribution is 6.31. The van der Waals surface area contributed by atoms with E-state index in [1.165, 1.54) is 16.7 Å². The first-order valence-corrected chi connectivity index (χ1v) is 9.81. The zero-order chi connectivity index (χ0) is 21.4. The van der Waals surface area contributed by atoms with Crippen molar-refractivity contribution in [3.8, 4) is 0 Å². The lowest BCUT2D eigenvalue weighted by molar-refractivity contribution is -0.129. The molecule has 1 aromatic heterocycles. The largest absolute Gasteiger partial charge is 0.376 e. The van der Waals surface area contributed by atoms with E-state index in [0.717, 1.165) is 16.7 Å². The van der Waals surface area contributed by atoms with Crippen LogP contribution in [0.4, 0.5) is 20.2 Å². The summed E-state index contributed by atoms with van der Waals surface area (Å²) < 4.78 is 28.9. The number of aromatic nitrogens is 2. The molecule has 0 bridgehead atoms. The van der Waals surface area contributed by atoms with Crippen LogP contribution in [0.3, 0.4) is 0 Å². The molecule has 0 aliphatic carbocycles. The van der Waals surface area contributed by atoms with Crippen molar-refractivity contribution in [2.45, 2.75) is 0 Å². The number of carbonyl (C=O) groups is 1.